The Morgan fingerprint density at radius 1 is 1.19 bits per heavy atom. The van der Waals surface area contributed by atoms with Crippen molar-refractivity contribution in [3.05, 3.63) is 71.0 Å². The molecule has 0 fully saturated rings. The van der Waals surface area contributed by atoms with Crippen molar-refractivity contribution in [2.45, 2.75) is 57.7 Å². The lowest BCUT2D eigenvalue weighted by Crippen LogP contribution is -2.43. The summed E-state index contributed by atoms with van der Waals surface area (Å²) in [6.45, 7) is 5.52. The van der Waals surface area contributed by atoms with Gasteiger partial charge in [0, 0.05) is 13.0 Å². The molecule has 1 heterocycles. The zero-order valence-corrected chi connectivity index (χ0v) is 18.8. The molecule has 1 aliphatic heterocycles. The van der Waals surface area contributed by atoms with Crippen molar-refractivity contribution in [1.29, 1.82) is 0 Å². The number of hydrogen-bond acceptors (Lipinski definition) is 4. The van der Waals surface area contributed by atoms with Crippen LogP contribution in [0, 0.1) is 5.82 Å². The molecule has 0 spiro atoms. The predicted molar refractivity (Wildman–Crippen MR) is 120 cm³/mol. The highest BCUT2D eigenvalue weighted by atomic mass is 19.1. The number of aliphatic hydroxyl groups is 1. The van der Waals surface area contributed by atoms with Gasteiger partial charge in [-0.3, -0.25) is 4.79 Å². The van der Waals surface area contributed by atoms with Gasteiger partial charge in [-0.2, -0.15) is 0 Å². The molecule has 7 heteroatoms. The van der Waals surface area contributed by atoms with Crippen molar-refractivity contribution >= 4 is 12.0 Å². The highest BCUT2D eigenvalue weighted by Crippen LogP contribution is 2.35. The summed E-state index contributed by atoms with van der Waals surface area (Å²) in [4.78, 5) is 27.0. The van der Waals surface area contributed by atoms with Crippen LogP contribution >= 0.6 is 0 Å². The minimum atomic E-state index is -0.649. The monoisotopic (exact) mass is 442 g/mol. The number of benzene rings is 2. The Balaban J connectivity index is 1.73. The number of nitrogens with one attached hydrogen (secondary N) is 1. The van der Waals surface area contributed by atoms with E-state index < -0.39 is 17.7 Å². The molecule has 1 aliphatic rings. The van der Waals surface area contributed by atoms with Crippen molar-refractivity contribution in [1.82, 2.24) is 10.2 Å². The van der Waals surface area contributed by atoms with Gasteiger partial charge < -0.3 is 20.1 Å². The second-order valence-corrected chi connectivity index (χ2v) is 9.05. The Kier molecular flexibility index (Phi) is 7.51. The molecule has 0 bridgehead atoms. The highest BCUT2D eigenvalue weighted by molar-refractivity contribution is 5.78. The molecule has 3 rings (SSSR count). The molecule has 0 radical (unpaired) electrons. The van der Waals surface area contributed by atoms with Crippen LogP contribution in [0.4, 0.5) is 9.18 Å². The first-order chi connectivity index (χ1) is 15.2. The van der Waals surface area contributed by atoms with Gasteiger partial charge in [0.2, 0.25) is 5.91 Å². The van der Waals surface area contributed by atoms with Gasteiger partial charge in [-0.1, -0.05) is 36.4 Å². The number of fused-ring (bicyclic) bond motifs is 1. The van der Waals surface area contributed by atoms with Gasteiger partial charge in [0.15, 0.2) is 0 Å². The minimum Gasteiger partial charge on any atom is -0.444 e. The number of alkyl carbamates (subject to hydrolysis) is 1. The first-order valence-corrected chi connectivity index (χ1v) is 10.9. The van der Waals surface area contributed by atoms with Crippen LogP contribution in [0.15, 0.2) is 48.5 Å². The Morgan fingerprint density at radius 3 is 2.53 bits per heavy atom. The molecular weight excluding hydrogens is 411 g/mol. The van der Waals surface area contributed by atoms with Gasteiger partial charge >= 0.3 is 6.09 Å². The third kappa shape index (κ3) is 6.07. The lowest BCUT2D eigenvalue weighted by atomic mass is 9.88. The third-order valence-electron chi connectivity index (χ3n) is 5.44. The van der Waals surface area contributed by atoms with Crippen molar-refractivity contribution in [3.8, 4) is 0 Å². The molecule has 2 N–H and O–H groups in total. The number of hydrogen-bond donors (Lipinski definition) is 2. The van der Waals surface area contributed by atoms with Crippen LogP contribution in [0.1, 0.15) is 56.3 Å². The van der Waals surface area contributed by atoms with Gasteiger partial charge in [-0.15, -0.1) is 0 Å². The summed E-state index contributed by atoms with van der Waals surface area (Å²) in [6.07, 6.45) is 0.545. The summed E-state index contributed by atoms with van der Waals surface area (Å²) in [5.41, 5.74) is 2.40. The van der Waals surface area contributed by atoms with E-state index in [9.17, 15) is 19.1 Å². The van der Waals surface area contributed by atoms with Gasteiger partial charge in [0.05, 0.1) is 18.7 Å². The molecule has 0 saturated carbocycles. The average Bonchev–Trinajstić information content (AvgIpc) is 2.75. The topological polar surface area (TPSA) is 78.9 Å². The van der Waals surface area contributed by atoms with Crippen LogP contribution in [0.3, 0.4) is 0 Å². The fourth-order valence-electron chi connectivity index (χ4n) is 3.96. The van der Waals surface area contributed by atoms with Gasteiger partial charge in [-0.05, 0) is 62.4 Å². The van der Waals surface area contributed by atoms with Crippen LogP contribution in [0.2, 0.25) is 0 Å². The third-order valence-corrected chi connectivity index (χ3v) is 5.44. The number of carbonyl (C=O) groups is 2. The van der Waals surface area contributed by atoms with Gasteiger partial charge in [0.25, 0.3) is 0 Å². The Morgan fingerprint density at radius 2 is 1.88 bits per heavy atom. The summed E-state index contributed by atoms with van der Waals surface area (Å²) < 4.78 is 18.7. The molecule has 0 aliphatic carbocycles. The molecule has 2 aromatic carbocycles. The maximum Gasteiger partial charge on any atom is 0.407 e. The zero-order chi connectivity index (χ0) is 23.3. The van der Waals surface area contributed by atoms with E-state index in [1.165, 1.54) is 17.7 Å². The average molecular weight is 443 g/mol. The number of amides is 2. The van der Waals surface area contributed by atoms with E-state index in [1.54, 1.807) is 37.8 Å². The van der Waals surface area contributed by atoms with E-state index in [4.69, 9.17) is 4.74 Å². The van der Waals surface area contributed by atoms with Crippen molar-refractivity contribution in [3.63, 3.8) is 0 Å². The zero-order valence-electron chi connectivity index (χ0n) is 18.8. The van der Waals surface area contributed by atoms with Crippen LogP contribution < -0.4 is 5.32 Å². The van der Waals surface area contributed by atoms with E-state index in [2.05, 4.69) is 11.4 Å². The quantitative estimate of drug-likeness (QED) is 0.710. The summed E-state index contributed by atoms with van der Waals surface area (Å²) in [7, 11) is 0. The first-order valence-electron chi connectivity index (χ1n) is 10.9. The number of halogens is 1. The molecule has 0 unspecified atom stereocenters. The highest BCUT2D eigenvalue weighted by Gasteiger charge is 2.32. The van der Waals surface area contributed by atoms with Crippen LogP contribution in [-0.2, 0) is 16.0 Å². The van der Waals surface area contributed by atoms with E-state index in [-0.39, 0.29) is 37.2 Å². The predicted octanol–water partition coefficient (Wildman–Crippen LogP) is 3.97. The molecule has 172 valence electrons. The summed E-state index contributed by atoms with van der Waals surface area (Å²) in [5.74, 6) is -0.409. The largest absolute Gasteiger partial charge is 0.444 e. The molecule has 2 atom stereocenters. The molecule has 6 nitrogen and oxygen atoms in total. The number of nitrogens with zero attached hydrogens (tertiary/aromatic N) is 1. The fraction of sp³-hybridized carbons (Fsp3) is 0.440. The molecule has 0 aromatic heterocycles. The number of rotatable bonds is 6. The molecule has 2 amide bonds. The van der Waals surface area contributed by atoms with Crippen molar-refractivity contribution in [2.24, 2.45) is 0 Å². The molecule has 32 heavy (non-hydrogen) atoms. The smallest absolute Gasteiger partial charge is 0.407 e. The Labute approximate surface area is 188 Å². The normalized spacial score (nSPS) is 16.8. The Bertz CT molecular complexity index is 940. The van der Waals surface area contributed by atoms with E-state index in [0.29, 0.717) is 6.54 Å². The van der Waals surface area contributed by atoms with Gasteiger partial charge in [-0.25, -0.2) is 9.18 Å². The minimum absolute atomic E-state index is 0.0849. The number of aliphatic hydroxyl groups excluding tert-OH is 1. The maximum atomic E-state index is 13.5. The van der Waals surface area contributed by atoms with Gasteiger partial charge in [0.1, 0.15) is 11.4 Å². The second kappa shape index (κ2) is 10.1. The molecular formula is C25H31FN2O4. The summed E-state index contributed by atoms with van der Waals surface area (Å²) >= 11 is 0. The summed E-state index contributed by atoms with van der Waals surface area (Å²) in [5, 5.41) is 12.3. The summed E-state index contributed by atoms with van der Waals surface area (Å²) in [6, 6.07) is 13.3. The Hall–Kier alpha value is -2.93. The van der Waals surface area contributed by atoms with Crippen LogP contribution in [0.25, 0.3) is 0 Å². The number of carbonyl (C=O) groups excluding carboxylic acids is 2. The molecule has 2 aromatic rings. The lowest BCUT2D eigenvalue weighted by molar-refractivity contribution is -0.133. The van der Waals surface area contributed by atoms with Crippen LogP contribution in [0.5, 0.6) is 0 Å². The SMILES string of the molecule is CC(C)(C)OC(=O)N[C@@H](CO)CCC(=O)N1CCc2ccccc2[C@@H]1c1ccc(F)cc1. The standard InChI is InChI=1S/C25H31FN2O4/c1-25(2,3)32-24(31)27-20(16-29)12-13-22(30)28-15-14-17-6-4-5-7-21(17)23(28)18-8-10-19(26)11-9-18/h4-11,20,23,29H,12-16H2,1-3H3,(H,27,31)/t20-,23+/m1/s1. The molecule has 0 saturated heterocycles. The first kappa shape index (κ1) is 23.7. The van der Waals surface area contributed by atoms with Crippen molar-refractivity contribution < 1.29 is 23.8 Å². The fourth-order valence-corrected chi connectivity index (χ4v) is 3.96. The van der Waals surface area contributed by atoms with E-state index in [1.807, 2.05) is 18.2 Å². The van der Waals surface area contributed by atoms with E-state index in [0.717, 1.165) is 17.5 Å². The van der Waals surface area contributed by atoms with E-state index >= 15 is 0 Å². The second-order valence-electron chi connectivity index (χ2n) is 9.05. The van der Waals surface area contributed by atoms with Crippen LogP contribution in [-0.4, -0.2) is 46.8 Å². The lowest BCUT2D eigenvalue weighted by Gasteiger charge is -2.38. The maximum absolute atomic E-state index is 13.5. The number of ether oxygens (including phenoxy) is 1. The van der Waals surface area contributed by atoms with Crippen molar-refractivity contribution in [2.75, 3.05) is 13.2 Å².